The normalized spacial score (nSPS) is 20.9. The number of carbonyl (C=O) groups excluding carboxylic acids is 2. The van der Waals surface area contributed by atoms with Crippen LogP contribution < -0.4 is 10.1 Å². The van der Waals surface area contributed by atoms with Crippen molar-refractivity contribution in [2.45, 2.75) is 25.3 Å². The van der Waals surface area contributed by atoms with Crippen LogP contribution in [0.3, 0.4) is 0 Å². The van der Waals surface area contributed by atoms with Gasteiger partial charge in [0, 0.05) is 25.7 Å². The van der Waals surface area contributed by atoms with E-state index < -0.39 is 0 Å². The number of ether oxygens (including phenoxy) is 1. The van der Waals surface area contributed by atoms with Crippen molar-refractivity contribution in [1.29, 1.82) is 0 Å². The molecule has 1 fully saturated rings. The van der Waals surface area contributed by atoms with Gasteiger partial charge in [-0.2, -0.15) is 0 Å². The molecule has 0 heterocycles. The molecule has 21 heavy (non-hydrogen) atoms. The second kappa shape index (κ2) is 6.61. The first-order valence-electron chi connectivity index (χ1n) is 7.19. The van der Waals surface area contributed by atoms with Crippen LogP contribution in [0.25, 0.3) is 0 Å². The highest BCUT2D eigenvalue weighted by Gasteiger charge is 2.34. The molecule has 0 radical (unpaired) electrons. The summed E-state index contributed by atoms with van der Waals surface area (Å²) < 4.78 is 5.08. The van der Waals surface area contributed by atoms with Crippen molar-refractivity contribution >= 4 is 11.8 Å². The minimum Gasteiger partial charge on any atom is -0.497 e. The van der Waals surface area contributed by atoms with E-state index in [0.717, 1.165) is 19.3 Å². The summed E-state index contributed by atoms with van der Waals surface area (Å²) in [4.78, 5) is 26.0. The van der Waals surface area contributed by atoms with Crippen LogP contribution >= 0.6 is 0 Å². The quantitative estimate of drug-likeness (QED) is 0.918. The highest BCUT2D eigenvalue weighted by molar-refractivity contribution is 5.95. The second-order valence-electron chi connectivity index (χ2n) is 5.58. The van der Waals surface area contributed by atoms with Crippen molar-refractivity contribution in [3.63, 3.8) is 0 Å². The number of carbonyl (C=O) groups is 2. The van der Waals surface area contributed by atoms with Crippen LogP contribution in [0.4, 0.5) is 0 Å². The summed E-state index contributed by atoms with van der Waals surface area (Å²) in [5.41, 5.74) is 0.582. The maximum absolute atomic E-state index is 12.3. The molecular weight excluding hydrogens is 268 g/mol. The van der Waals surface area contributed by atoms with E-state index in [9.17, 15) is 9.59 Å². The fourth-order valence-corrected chi connectivity index (χ4v) is 2.75. The number of methoxy groups -OCH3 is 1. The van der Waals surface area contributed by atoms with E-state index in [0.29, 0.717) is 11.3 Å². The summed E-state index contributed by atoms with van der Waals surface area (Å²) >= 11 is 0. The van der Waals surface area contributed by atoms with Gasteiger partial charge in [-0.15, -0.1) is 0 Å². The smallest absolute Gasteiger partial charge is 0.251 e. The third-order valence-electron chi connectivity index (χ3n) is 3.94. The van der Waals surface area contributed by atoms with Gasteiger partial charge in [-0.1, -0.05) is 6.42 Å². The van der Waals surface area contributed by atoms with E-state index in [4.69, 9.17) is 4.74 Å². The Kier molecular flexibility index (Phi) is 4.83. The van der Waals surface area contributed by atoms with Crippen molar-refractivity contribution in [3.8, 4) is 5.75 Å². The van der Waals surface area contributed by atoms with Crippen LogP contribution in [-0.4, -0.2) is 44.0 Å². The first-order chi connectivity index (χ1) is 10.0. The molecule has 1 saturated carbocycles. The Morgan fingerprint density at radius 1 is 1.19 bits per heavy atom. The van der Waals surface area contributed by atoms with Crippen LogP contribution in [0.1, 0.15) is 29.6 Å². The summed E-state index contributed by atoms with van der Waals surface area (Å²) in [5, 5.41) is 2.99. The van der Waals surface area contributed by atoms with E-state index in [-0.39, 0.29) is 23.8 Å². The monoisotopic (exact) mass is 290 g/mol. The number of rotatable bonds is 4. The van der Waals surface area contributed by atoms with Crippen LogP contribution in [0.5, 0.6) is 5.75 Å². The fourth-order valence-electron chi connectivity index (χ4n) is 2.75. The van der Waals surface area contributed by atoms with E-state index in [2.05, 4.69) is 5.32 Å². The molecule has 114 valence electrons. The van der Waals surface area contributed by atoms with Gasteiger partial charge in [0.2, 0.25) is 5.91 Å². The number of benzene rings is 1. The summed E-state index contributed by atoms with van der Waals surface area (Å²) in [7, 11) is 5.09. The predicted octanol–water partition coefficient (Wildman–Crippen LogP) is 1.68. The van der Waals surface area contributed by atoms with Gasteiger partial charge in [-0.3, -0.25) is 9.59 Å². The lowest BCUT2D eigenvalue weighted by Crippen LogP contribution is -2.43. The molecule has 0 aromatic heterocycles. The highest BCUT2D eigenvalue weighted by atomic mass is 16.5. The Hall–Kier alpha value is -2.04. The van der Waals surface area contributed by atoms with Gasteiger partial charge < -0.3 is 15.0 Å². The zero-order valence-electron chi connectivity index (χ0n) is 12.8. The molecule has 1 N–H and O–H groups in total. The van der Waals surface area contributed by atoms with Gasteiger partial charge in [0.05, 0.1) is 13.0 Å². The summed E-state index contributed by atoms with van der Waals surface area (Å²) in [6.07, 6.45) is 2.66. The molecular formula is C16H22N2O3. The maximum Gasteiger partial charge on any atom is 0.251 e. The molecule has 0 spiro atoms. The largest absolute Gasteiger partial charge is 0.497 e. The topological polar surface area (TPSA) is 58.6 Å². The van der Waals surface area contributed by atoms with E-state index in [1.54, 1.807) is 50.4 Å². The first-order valence-corrected chi connectivity index (χ1v) is 7.19. The predicted molar refractivity (Wildman–Crippen MR) is 80.3 cm³/mol. The zero-order chi connectivity index (χ0) is 15.4. The number of hydrogen-bond donors (Lipinski definition) is 1. The van der Waals surface area contributed by atoms with Crippen LogP contribution in [0, 0.1) is 5.92 Å². The molecule has 0 saturated heterocycles. The minimum atomic E-state index is -0.138. The van der Waals surface area contributed by atoms with Crippen molar-refractivity contribution < 1.29 is 14.3 Å². The average Bonchev–Trinajstić information content (AvgIpc) is 2.94. The van der Waals surface area contributed by atoms with Crippen LogP contribution in [-0.2, 0) is 4.79 Å². The number of nitrogens with zero attached hydrogens (tertiary/aromatic N) is 1. The summed E-state index contributed by atoms with van der Waals surface area (Å²) in [5.74, 6) is 0.559. The third-order valence-corrected chi connectivity index (χ3v) is 3.94. The van der Waals surface area contributed by atoms with Crippen LogP contribution in [0.2, 0.25) is 0 Å². The molecule has 0 bridgehead atoms. The Morgan fingerprint density at radius 2 is 1.86 bits per heavy atom. The molecule has 0 unspecified atom stereocenters. The second-order valence-corrected chi connectivity index (χ2v) is 5.58. The van der Waals surface area contributed by atoms with E-state index >= 15 is 0 Å². The molecule has 1 aliphatic carbocycles. The summed E-state index contributed by atoms with van der Waals surface area (Å²) in [6, 6.07) is 6.89. The first kappa shape index (κ1) is 15.4. The molecule has 2 amide bonds. The number of nitrogens with one attached hydrogen (secondary N) is 1. The Bertz CT molecular complexity index is 511. The lowest BCUT2D eigenvalue weighted by atomic mass is 10.0. The Morgan fingerprint density at radius 3 is 2.43 bits per heavy atom. The maximum atomic E-state index is 12.3. The standard InChI is InChI=1S/C16H22N2O3/c1-18(2)16(20)13-5-4-6-14(13)17-15(19)11-7-9-12(21-3)10-8-11/h7-10,13-14H,4-6H2,1-3H3,(H,17,19)/t13-,14+/m0/s1. The highest BCUT2D eigenvalue weighted by Crippen LogP contribution is 2.27. The number of hydrogen-bond acceptors (Lipinski definition) is 3. The van der Waals surface area contributed by atoms with Crippen molar-refractivity contribution in [2.75, 3.05) is 21.2 Å². The van der Waals surface area contributed by atoms with Gasteiger partial charge in [0.1, 0.15) is 5.75 Å². The van der Waals surface area contributed by atoms with Crippen LogP contribution in [0.15, 0.2) is 24.3 Å². The third kappa shape index (κ3) is 3.54. The molecule has 5 heteroatoms. The average molecular weight is 290 g/mol. The molecule has 2 atom stereocenters. The fraction of sp³-hybridized carbons (Fsp3) is 0.500. The summed E-state index contributed by atoms with van der Waals surface area (Å²) in [6.45, 7) is 0. The van der Waals surface area contributed by atoms with Gasteiger partial charge in [-0.05, 0) is 37.1 Å². The van der Waals surface area contributed by atoms with E-state index in [1.807, 2.05) is 0 Å². The van der Waals surface area contributed by atoms with Crippen molar-refractivity contribution in [2.24, 2.45) is 5.92 Å². The van der Waals surface area contributed by atoms with Gasteiger partial charge >= 0.3 is 0 Å². The Labute approximate surface area is 125 Å². The van der Waals surface area contributed by atoms with Gasteiger partial charge in [0.25, 0.3) is 5.91 Å². The Balaban J connectivity index is 2.02. The number of amides is 2. The lowest BCUT2D eigenvalue weighted by Gasteiger charge is -2.23. The lowest BCUT2D eigenvalue weighted by molar-refractivity contribution is -0.133. The van der Waals surface area contributed by atoms with Crippen molar-refractivity contribution in [3.05, 3.63) is 29.8 Å². The molecule has 2 rings (SSSR count). The van der Waals surface area contributed by atoms with E-state index in [1.165, 1.54) is 0 Å². The molecule has 1 aromatic rings. The SMILES string of the molecule is COc1ccc(C(=O)N[C@@H]2CCC[C@@H]2C(=O)N(C)C)cc1. The van der Waals surface area contributed by atoms with Gasteiger partial charge in [0.15, 0.2) is 0 Å². The van der Waals surface area contributed by atoms with Gasteiger partial charge in [-0.25, -0.2) is 0 Å². The zero-order valence-corrected chi connectivity index (χ0v) is 12.8. The molecule has 5 nitrogen and oxygen atoms in total. The molecule has 1 aliphatic rings. The molecule has 0 aliphatic heterocycles. The van der Waals surface area contributed by atoms with Crippen molar-refractivity contribution in [1.82, 2.24) is 10.2 Å². The minimum absolute atomic E-state index is 0.0745. The molecule has 1 aromatic carbocycles.